The van der Waals surface area contributed by atoms with Gasteiger partial charge < -0.3 is 9.47 Å². The molecule has 1 aliphatic heterocycles. The maximum atomic E-state index is 6.28. The van der Waals surface area contributed by atoms with Gasteiger partial charge in [-0.1, -0.05) is 43.2 Å². The number of rotatable bonds is 5. The van der Waals surface area contributed by atoms with E-state index < -0.39 is 5.79 Å². The SMILES string of the molecule is CCC[C@@H]1CO[C@@](Cn2cncn2)(c2ccc(C)cc2)O1. The van der Waals surface area contributed by atoms with Crippen molar-refractivity contribution in [1.82, 2.24) is 14.8 Å². The predicted octanol–water partition coefficient (Wildman–Crippen LogP) is 2.66. The molecule has 5 heteroatoms. The summed E-state index contributed by atoms with van der Waals surface area (Å²) in [7, 11) is 0. The first-order chi connectivity index (χ1) is 10.2. The molecule has 2 aromatic rings. The first-order valence-electron chi connectivity index (χ1n) is 7.43. The van der Waals surface area contributed by atoms with E-state index >= 15 is 0 Å². The Morgan fingerprint density at radius 1 is 1.33 bits per heavy atom. The lowest BCUT2D eigenvalue weighted by atomic mass is 10.0. The minimum Gasteiger partial charge on any atom is -0.342 e. The second-order valence-corrected chi connectivity index (χ2v) is 5.55. The van der Waals surface area contributed by atoms with Crippen LogP contribution in [0.1, 0.15) is 30.9 Å². The molecule has 0 spiro atoms. The molecule has 0 amide bonds. The Kier molecular flexibility index (Phi) is 4.03. The summed E-state index contributed by atoms with van der Waals surface area (Å²) in [6.45, 7) is 5.36. The summed E-state index contributed by atoms with van der Waals surface area (Å²) in [5.41, 5.74) is 2.25. The number of aromatic nitrogens is 3. The largest absolute Gasteiger partial charge is 0.342 e. The van der Waals surface area contributed by atoms with E-state index in [1.807, 2.05) is 0 Å². The molecule has 1 aliphatic rings. The van der Waals surface area contributed by atoms with Crippen molar-refractivity contribution < 1.29 is 9.47 Å². The topological polar surface area (TPSA) is 49.2 Å². The van der Waals surface area contributed by atoms with Crippen molar-refractivity contribution in [2.75, 3.05) is 6.61 Å². The fourth-order valence-corrected chi connectivity index (χ4v) is 2.69. The maximum absolute atomic E-state index is 6.28. The molecule has 112 valence electrons. The summed E-state index contributed by atoms with van der Waals surface area (Å²) in [5, 5.41) is 4.18. The molecule has 2 atom stereocenters. The third-order valence-electron chi connectivity index (χ3n) is 3.80. The summed E-state index contributed by atoms with van der Waals surface area (Å²) in [6, 6.07) is 8.30. The summed E-state index contributed by atoms with van der Waals surface area (Å²) in [6.07, 6.45) is 5.45. The normalized spacial score (nSPS) is 25.3. The molecule has 5 nitrogen and oxygen atoms in total. The predicted molar refractivity (Wildman–Crippen MR) is 78.6 cm³/mol. The third-order valence-corrected chi connectivity index (χ3v) is 3.80. The molecule has 0 saturated carbocycles. The Hall–Kier alpha value is -1.72. The lowest BCUT2D eigenvalue weighted by Crippen LogP contribution is -2.34. The van der Waals surface area contributed by atoms with Gasteiger partial charge in [-0.2, -0.15) is 5.10 Å². The van der Waals surface area contributed by atoms with E-state index in [0.29, 0.717) is 13.2 Å². The van der Waals surface area contributed by atoms with Crippen molar-refractivity contribution >= 4 is 0 Å². The van der Waals surface area contributed by atoms with Gasteiger partial charge in [-0.25, -0.2) is 9.67 Å². The summed E-state index contributed by atoms with van der Waals surface area (Å²) in [4.78, 5) is 4.00. The van der Waals surface area contributed by atoms with Crippen LogP contribution in [-0.4, -0.2) is 27.5 Å². The molecule has 0 N–H and O–H groups in total. The maximum Gasteiger partial charge on any atom is 0.215 e. The van der Waals surface area contributed by atoms with Gasteiger partial charge in [-0.05, 0) is 13.3 Å². The fourth-order valence-electron chi connectivity index (χ4n) is 2.69. The van der Waals surface area contributed by atoms with Gasteiger partial charge in [0.15, 0.2) is 0 Å². The van der Waals surface area contributed by atoms with E-state index in [4.69, 9.17) is 9.47 Å². The number of aryl methyl sites for hydroxylation is 1. The van der Waals surface area contributed by atoms with Crippen LogP contribution in [0.2, 0.25) is 0 Å². The second kappa shape index (κ2) is 5.95. The van der Waals surface area contributed by atoms with E-state index in [1.165, 1.54) is 11.9 Å². The molecule has 0 radical (unpaired) electrons. The van der Waals surface area contributed by atoms with Gasteiger partial charge in [0.2, 0.25) is 5.79 Å². The van der Waals surface area contributed by atoms with Gasteiger partial charge in [0.1, 0.15) is 19.2 Å². The van der Waals surface area contributed by atoms with Crippen LogP contribution in [-0.2, 0) is 21.8 Å². The molecule has 0 unspecified atom stereocenters. The zero-order valence-corrected chi connectivity index (χ0v) is 12.5. The van der Waals surface area contributed by atoms with Crippen LogP contribution in [0.3, 0.4) is 0 Å². The molecule has 2 heterocycles. The molecule has 1 aromatic heterocycles. The highest BCUT2D eigenvalue weighted by molar-refractivity contribution is 5.25. The van der Waals surface area contributed by atoms with E-state index in [-0.39, 0.29) is 6.10 Å². The van der Waals surface area contributed by atoms with E-state index in [1.54, 1.807) is 11.0 Å². The Bertz CT molecular complexity index is 568. The number of benzene rings is 1. The van der Waals surface area contributed by atoms with Crippen LogP contribution < -0.4 is 0 Å². The molecule has 3 rings (SSSR count). The van der Waals surface area contributed by atoms with E-state index in [0.717, 1.165) is 18.4 Å². The van der Waals surface area contributed by atoms with Gasteiger partial charge in [0.25, 0.3) is 0 Å². The molecule has 1 aromatic carbocycles. The minimum atomic E-state index is -0.763. The number of nitrogens with zero attached hydrogens (tertiary/aromatic N) is 3. The van der Waals surface area contributed by atoms with Crippen LogP contribution in [0.15, 0.2) is 36.9 Å². The van der Waals surface area contributed by atoms with Crippen molar-refractivity contribution in [3.8, 4) is 0 Å². The van der Waals surface area contributed by atoms with E-state index in [2.05, 4.69) is 48.2 Å². The zero-order chi connectivity index (χ0) is 14.7. The highest BCUT2D eigenvalue weighted by Gasteiger charge is 2.43. The summed E-state index contributed by atoms with van der Waals surface area (Å²) in [5.74, 6) is -0.763. The lowest BCUT2D eigenvalue weighted by Gasteiger charge is -2.28. The number of hydrogen-bond donors (Lipinski definition) is 0. The first-order valence-corrected chi connectivity index (χ1v) is 7.43. The number of hydrogen-bond acceptors (Lipinski definition) is 4. The van der Waals surface area contributed by atoms with Crippen molar-refractivity contribution in [2.45, 2.75) is 45.1 Å². The Morgan fingerprint density at radius 2 is 2.14 bits per heavy atom. The summed E-state index contributed by atoms with van der Waals surface area (Å²) < 4.78 is 14.1. The lowest BCUT2D eigenvalue weighted by molar-refractivity contribution is -0.189. The third kappa shape index (κ3) is 2.99. The molecule has 0 aliphatic carbocycles. The van der Waals surface area contributed by atoms with Gasteiger partial charge in [0, 0.05) is 5.56 Å². The van der Waals surface area contributed by atoms with Crippen molar-refractivity contribution in [3.05, 3.63) is 48.0 Å². The molecule has 1 fully saturated rings. The van der Waals surface area contributed by atoms with Gasteiger partial charge >= 0.3 is 0 Å². The molecule has 21 heavy (non-hydrogen) atoms. The van der Waals surface area contributed by atoms with Crippen LogP contribution in [0, 0.1) is 6.92 Å². The second-order valence-electron chi connectivity index (χ2n) is 5.55. The summed E-state index contributed by atoms with van der Waals surface area (Å²) >= 11 is 0. The monoisotopic (exact) mass is 287 g/mol. The molecule has 1 saturated heterocycles. The molecule has 0 bridgehead atoms. The van der Waals surface area contributed by atoms with Crippen LogP contribution in [0.5, 0.6) is 0 Å². The number of ether oxygens (including phenoxy) is 2. The van der Waals surface area contributed by atoms with E-state index in [9.17, 15) is 0 Å². The standard InChI is InChI=1S/C16H21N3O2/c1-3-4-15-9-20-16(21-15,10-19-12-17-11-18-19)14-7-5-13(2)6-8-14/h5-8,11-12,15H,3-4,9-10H2,1-2H3/t15-,16-/m1/s1. The average Bonchev–Trinajstić information content (AvgIpc) is 3.11. The van der Waals surface area contributed by atoms with Crippen molar-refractivity contribution in [3.63, 3.8) is 0 Å². The highest BCUT2D eigenvalue weighted by atomic mass is 16.7. The Labute approximate surface area is 124 Å². The Balaban J connectivity index is 1.89. The van der Waals surface area contributed by atoms with Crippen LogP contribution in [0.4, 0.5) is 0 Å². The smallest absolute Gasteiger partial charge is 0.215 e. The fraction of sp³-hybridized carbons (Fsp3) is 0.500. The van der Waals surface area contributed by atoms with Gasteiger partial charge in [-0.15, -0.1) is 0 Å². The van der Waals surface area contributed by atoms with Crippen LogP contribution >= 0.6 is 0 Å². The highest BCUT2D eigenvalue weighted by Crippen LogP contribution is 2.37. The first kappa shape index (κ1) is 14.2. The minimum absolute atomic E-state index is 0.139. The molecular weight excluding hydrogens is 266 g/mol. The quantitative estimate of drug-likeness (QED) is 0.848. The van der Waals surface area contributed by atoms with Gasteiger partial charge in [0.05, 0.1) is 12.7 Å². The van der Waals surface area contributed by atoms with Crippen molar-refractivity contribution in [1.29, 1.82) is 0 Å². The molecular formula is C16H21N3O2. The average molecular weight is 287 g/mol. The van der Waals surface area contributed by atoms with Crippen LogP contribution in [0.25, 0.3) is 0 Å². The van der Waals surface area contributed by atoms with Crippen molar-refractivity contribution in [2.24, 2.45) is 0 Å². The van der Waals surface area contributed by atoms with Gasteiger partial charge in [-0.3, -0.25) is 0 Å². The Morgan fingerprint density at radius 3 is 2.81 bits per heavy atom. The zero-order valence-electron chi connectivity index (χ0n) is 12.5.